The van der Waals surface area contributed by atoms with E-state index in [9.17, 15) is 36.6 Å². The molecule has 10 heteroatoms. The summed E-state index contributed by atoms with van der Waals surface area (Å²) in [6.07, 6.45) is -10.3. The van der Waals surface area contributed by atoms with Gasteiger partial charge in [-0.25, -0.2) is 0 Å². The molecule has 0 spiro atoms. The van der Waals surface area contributed by atoms with Gasteiger partial charge in [-0.2, -0.15) is 26.3 Å². The molecule has 0 aliphatic carbocycles. The van der Waals surface area contributed by atoms with Crippen molar-refractivity contribution < 1.29 is 46.0 Å². The Kier molecular flexibility index (Phi) is 8.78. The molecule has 3 aromatic carbocycles. The third-order valence-corrected chi connectivity index (χ3v) is 5.87. The van der Waals surface area contributed by atoms with Crippen molar-refractivity contribution in [2.24, 2.45) is 0 Å². The van der Waals surface area contributed by atoms with Crippen LogP contribution in [0.25, 0.3) is 11.1 Å². The second-order valence-corrected chi connectivity index (χ2v) is 8.70. The largest absolute Gasteiger partial charge is 0.496 e. The Hall–Kier alpha value is -4.12. The van der Waals surface area contributed by atoms with Gasteiger partial charge < -0.3 is 19.7 Å². The van der Waals surface area contributed by atoms with Crippen LogP contribution in [0.1, 0.15) is 23.6 Å². The van der Waals surface area contributed by atoms with Crippen LogP contribution in [0.5, 0.6) is 11.5 Å². The smallest absolute Gasteiger partial charge is 0.433 e. The van der Waals surface area contributed by atoms with Crippen molar-refractivity contribution in [2.45, 2.75) is 37.4 Å². The highest BCUT2D eigenvalue weighted by atomic mass is 19.4. The maximum Gasteiger partial charge on any atom is 0.433 e. The Labute approximate surface area is 227 Å². The zero-order valence-corrected chi connectivity index (χ0v) is 21.5. The first-order chi connectivity index (χ1) is 18.7. The summed E-state index contributed by atoms with van der Waals surface area (Å²) in [5, 5.41) is 21.0. The van der Waals surface area contributed by atoms with Gasteiger partial charge in [-0.3, -0.25) is 0 Å². The minimum Gasteiger partial charge on any atom is -0.496 e. The fraction of sp³-hybridized carbons (Fsp3) is 0.267. The average Bonchev–Trinajstić information content (AvgIpc) is 2.89. The van der Waals surface area contributed by atoms with E-state index in [2.05, 4.69) is 5.92 Å². The van der Waals surface area contributed by atoms with E-state index in [1.54, 1.807) is 42.2 Å². The molecule has 4 nitrogen and oxygen atoms in total. The number of para-hydroxylation sites is 1. The molecule has 0 aromatic heterocycles. The zero-order chi connectivity index (χ0) is 29.8. The highest BCUT2D eigenvalue weighted by Gasteiger charge is 2.55. The second-order valence-electron chi connectivity index (χ2n) is 8.70. The number of rotatable bonds is 6. The Morgan fingerprint density at radius 3 is 2.05 bits per heavy atom. The first kappa shape index (κ1) is 30.4. The summed E-state index contributed by atoms with van der Waals surface area (Å²) in [6.45, 7) is 1.86. The number of methoxy groups -OCH3 is 1. The molecule has 210 valence electrons. The number of halogens is 6. The minimum absolute atomic E-state index is 0.196. The lowest BCUT2D eigenvalue weighted by molar-refractivity contribution is -0.241. The van der Waals surface area contributed by atoms with Gasteiger partial charge in [0.25, 0.3) is 0 Å². The molecule has 0 saturated heterocycles. The van der Waals surface area contributed by atoms with Gasteiger partial charge in [0.15, 0.2) is 0 Å². The van der Waals surface area contributed by atoms with Crippen LogP contribution < -0.4 is 9.47 Å². The summed E-state index contributed by atoms with van der Waals surface area (Å²) in [6, 6.07) is 15.0. The molecule has 0 heterocycles. The molecule has 2 unspecified atom stereocenters. The van der Waals surface area contributed by atoms with Crippen LogP contribution in [0, 0.1) is 30.6 Å². The fourth-order valence-corrected chi connectivity index (χ4v) is 3.91. The van der Waals surface area contributed by atoms with Gasteiger partial charge in [0.2, 0.25) is 11.2 Å². The fourth-order valence-electron chi connectivity index (χ4n) is 3.91. The molecule has 0 radical (unpaired) electrons. The average molecular weight is 563 g/mol. The van der Waals surface area contributed by atoms with Gasteiger partial charge in [-0.05, 0) is 49.2 Å². The van der Waals surface area contributed by atoms with E-state index in [-0.39, 0.29) is 11.3 Å². The van der Waals surface area contributed by atoms with Gasteiger partial charge in [0.1, 0.15) is 18.1 Å². The number of hydrogen-bond acceptors (Lipinski definition) is 4. The first-order valence-corrected chi connectivity index (χ1v) is 11.7. The molecule has 3 rings (SSSR count). The highest BCUT2D eigenvalue weighted by Crippen LogP contribution is 2.41. The van der Waals surface area contributed by atoms with Crippen molar-refractivity contribution in [3.05, 3.63) is 83.4 Å². The monoisotopic (exact) mass is 562 g/mol. The molecular weight excluding hydrogens is 538 g/mol. The van der Waals surface area contributed by atoms with E-state index < -0.39 is 41.3 Å². The molecule has 0 fully saturated rings. The summed E-state index contributed by atoms with van der Waals surface area (Å²) >= 11 is 0. The number of aryl methyl sites for hydroxylation is 1. The molecule has 3 aromatic rings. The lowest BCUT2D eigenvalue weighted by Gasteiger charge is -2.26. The Balaban J connectivity index is 1.94. The van der Waals surface area contributed by atoms with Crippen LogP contribution >= 0.6 is 0 Å². The second kappa shape index (κ2) is 11.5. The van der Waals surface area contributed by atoms with E-state index in [0.717, 1.165) is 31.2 Å². The van der Waals surface area contributed by atoms with E-state index >= 15 is 0 Å². The lowest BCUT2D eigenvalue weighted by atomic mass is 9.90. The predicted molar refractivity (Wildman–Crippen MR) is 136 cm³/mol. The summed E-state index contributed by atoms with van der Waals surface area (Å²) in [4.78, 5) is 0. The van der Waals surface area contributed by atoms with Crippen molar-refractivity contribution in [3.8, 4) is 46.3 Å². The van der Waals surface area contributed by atoms with Crippen molar-refractivity contribution in [3.63, 3.8) is 0 Å². The maximum absolute atomic E-state index is 14.1. The van der Waals surface area contributed by atoms with Crippen LogP contribution in [0.3, 0.4) is 0 Å². The van der Waals surface area contributed by atoms with E-state index in [4.69, 9.17) is 9.47 Å². The number of benzene rings is 3. The van der Waals surface area contributed by atoms with Gasteiger partial charge in [0, 0.05) is 16.7 Å². The maximum atomic E-state index is 14.1. The summed E-state index contributed by atoms with van der Waals surface area (Å²) < 4.78 is 93.5. The van der Waals surface area contributed by atoms with Crippen molar-refractivity contribution in [2.75, 3.05) is 13.7 Å². The third-order valence-electron chi connectivity index (χ3n) is 5.87. The van der Waals surface area contributed by atoms with E-state index in [1.165, 1.54) is 26.2 Å². The molecule has 2 atom stereocenters. The van der Waals surface area contributed by atoms with Gasteiger partial charge in [0.05, 0.1) is 7.11 Å². The van der Waals surface area contributed by atoms with Gasteiger partial charge in [-0.1, -0.05) is 60.2 Å². The van der Waals surface area contributed by atoms with Crippen LogP contribution in [0.15, 0.2) is 66.7 Å². The van der Waals surface area contributed by atoms with Gasteiger partial charge in [-0.15, -0.1) is 5.92 Å². The van der Waals surface area contributed by atoms with Crippen molar-refractivity contribution in [1.82, 2.24) is 0 Å². The number of aliphatic hydroxyl groups is 2. The lowest BCUT2D eigenvalue weighted by Crippen LogP contribution is -2.41. The zero-order valence-electron chi connectivity index (χ0n) is 21.5. The summed E-state index contributed by atoms with van der Waals surface area (Å²) in [5.74, 6) is 7.93. The molecule has 0 amide bonds. The van der Waals surface area contributed by atoms with Crippen LogP contribution in [-0.4, -0.2) is 36.3 Å². The summed E-state index contributed by atoms with van der Waals surface area (Å²) in [7, 11) is 1.41. The Morgan fingerprint density at radius 1 is 0.775 bits per heavy atom. The molecule has 0 bridgehead atoms. The SMILES string of the molecule is CC#CC(O)(c1cc(C)cc(OCC#CC(O)(c2cccc(-c3ccccc3OC)c2)C(F)(F)F)c1)C(F)(F)F. The predicted octanol–water partition coefficient (Wildman–Crippen LogP) is 6.28. The molecule has 0 aliphatic rings. The standard InChI is InChI=1S/C30H24F6O4/c1-4-13-27(37,29(31,32)33)23-16-20(2)17-24(19-23)40-15-8-14-28(38,30(34,35)36)22-10-7-9-21(18-22)25-11-5-6-12-26(25)39-3/h5-7,9-12,16-19,37-38H,15H2,1-3H3. The number of alkyl halides is 6. The molecule has 40 heavy (non-hydrogen) atoms. The van der Waals surface area contributed by atoms with Gasteiger partial charge >= 0.3 is 12.4 Å². The summed E-state index contributed by atoms with van der Waals surface area (Å²) in [5.41, 5.74) is -7.15. The number of hydrogen-bond donors (Lipinski definition) is 2. The highest BCUT2D eigenvalue weighted by molar-refractivity contribution is 5.71. The molecular formula is C30H24F6O4. The normalized spacial score (nSPS) is 14.5. The topological polar surface area (TPSA) is 58.9 Å². The Bertz CT molecular complexity index is 1490. The van der Waals surface area contributed by atoms with Crippen molar-refractivity contribution in [1.29, 1.82) is 0 Å². The molecule has 2 N–H and O–H groups in total. The minimum atomic E-state index is -5.21. The van der Waals surface area contributed by atoms with Crippen LogP contribution in [0.4, 0.5) is 26.3 Å². The molecule has 0 saturated carbocycles. The van der Waals surface area contributed by atoms with Crippen LogP contribution in [-0.2, 0) is 11.2 Å². The van der Waals surface area contributed by atoms with Crippen molar-refractivity contribution >= 4 is 0 Å². The van der Waals surface area contributed by atoms with E-state index in [1.807, 2.05) is 5.92 Å². The van der Waals surface area contributed by atoms with E-state index in [0.29, 0.717) is 16.9 Å². The van der Waals surface area contributed by atoms with Crippen LogP contribution in [0.2, 0.25) is 0 Å². The first-order valence-electron chi connectivity index (χ1n) is 11.7. The third kappa shape index (κ3) is 6.20. The number of ether oxygens (including phenoxy) is 2. The molecule has 0 aliphatic heterocycles. The quantitative estimate of drug-likeness (QED) is 0.275. The Morgan fingerprint density at radius 2 is 1.43 bits per heavy atom.